The SMILES string of the molecule is CNCC1(CC(C)=O)CCC2(CC1)OCCO2. The van der Waals surface area contributed by atoms with E-state index in [0.717, 1.165) is 32.2 Å². The average Bonchev–Trinajstić information content (AvgIpc) is 2.72. The van der Waals surface area contributed by atoms with Crippen LogP contribution >= 0.6 is 0 Å². The lowest BCUT2D eigenvalue weighted by Gasteiger charge is -2.43. The maximum atomic E-state index is 11.4. The van der Waals surface area contributed by atoms with E-state index in [1.165, 1.54) is 0 Å². The number of carbonyl (C=O) groups is 1. The predicted octanol–water partition coefficient (Wildman–Crippen LogP) is 1.49. The van der Waals surface area contributed by atoms with E-state index in [2.05, 4.69) is 5.32 Å². The van der Waals surface area contributed by atoms with Crippen LogP contribution in [0.5, 0.6) is 0 Å². The van der Waals surface area contributed by atoms with Crippen molar-refractivity contribution in [3.8, 4) is 0 Å². The lowest BCUT2D eigenvalue weighted by Crippen LogP contribution is -2.44. The van der Waals surface area contributed by atoms with Gasteiger partial charge in [0.1, 0.15) is 5.78 Å². The largest absolute Gasteiger partial charge is 0.348 e. The second kappa shape index (κ2) is 5.04. The number of Topliss-reactive ketones (excluding diaryl/α,β-unsaturated/α-hetero) is 1. The van der Waals surface area contributed by atoms with Crippen molar-refractivity contribution < 1.29 is 14.3 Å². The fourth-order valence-corrected chi connectivity index (χ4v) is 3.27. The zero-order chi connectivity index (χ0) is 12.4. The molecule has 0 bridgehead atoms. The topological polar surface area (TPSA) is 47.6 Å². The van der Waals surface area contributed by atoms with Crippen molar-refractivity contribution in [2.45, 2.75) is 44.8 Å². The Kier molecular flexibility index (Phi) is 3.85. The van der Waals surface area contributed by atoms with Crippen LogP contribution in [0.25, 0.3) is 0 Å². The van der Waals surface area contributed by atoms with Crippen LogP contribution in [0.1, 0.15) is 39.0 Å². The second-order valence-electron chi connectivity index (χ2n) is 5.52. The summed E-state index contributed by atoms with van der Waals surface area (Å²) in [4.78, 5) is 11.4. The van der Waals surface area contributed by atoms with Gasteiger partial charge in [-0.15, -0.1) is 0 Å². The molecule has 1 aliphatic carbocycles. The Bertz CT molecular complexity index is 274. The summed E-state index contributed by atoms with van der Waals surface area (Å²) in [6, 6.07) is 0. The summed E-state index contributed by atoms with van der Waals surface area (Å²) in [6.07, 6.45) is 4.52. The van der Waals surface area contributed by atoms with Crippen molar-refractivity contribution in [3.05, 3.63) is 0 Å². The Labute approximate surface area is 103 Å². The molecular weight excluding hydrogens is 218 g/mol. The van der Waals surface area contributed by atoms with E-state index >= 15 is 0 Å². The summed E-state index contributed by atoms with van der Waals surface area (Å²) >= 11 is 0. The molecule has 0 aromatic heterocycles. The highest BCUT2D eigenvalue weighted by atomic mass is 16.7. The fraction of sp³-hybridized carbons (Fsp3) is 0.923. The summed E-state index contributed by atoms with van der Waals surface area (Å²) in [6.45, 7) is 4.02. The van der Waals surface area contributed by atoms with Crippen LogP contribution in [-0.4, -0.2) is 38.4 Å². The Morgan fingerprint density at radius 3 is 2.24 bits per heavy atom. The first kappa shape index (κ1) is 13.0. The van der Waals surface area contributed by atoms with E-state index in [1.54, 1.807) is 6.92 Å². The Balaban J connectivity index is 1.99. The van der Waals surface area contributed by atoms with Crippen LogP contribution in [-0.2, 0) is 14.3 Å². The minimum Gasteiger partial charge on any atom is -0.348 e. The molecule has 4 heteroatoms. The van der Waals surface area contributed by atoms with Gasteiger partial charge in [0.15, 0.2) is 5.79 Å². The Morgan fingerprint density at radius 1 is 1.18 bits per heavy atom. The number of rotatable bonds is 4. The van der Waals surface area contributed by atoms with Crippen LogP contribution in [0, 0.1) is 5.41 Å². The van der Waals surface area contributed by atoms with Gasteiger partial charge in [0.25, 0.3) is 0 Å². The van der Waals surface area contributed by atoms with Gasteiger partial charge in [0.2, 0.25) is 0 Å². The van der Waals surface area contributed by atoms with Gasteiger partial charge in [-0.25, -0.2) is 0 Å². The number of hydrogen-bond donors (Lipinski definition) is 1. The van der Waals surface area contributed by atoms with Crippen LogP contribution in [0.4, 0.5) is 0 Å². The molecule has 0 unspecified atom stereocenters. The molecule has 2 rings (SSSR count). The molecule has 1 aliphatic heterocycles. The second-order valence-corrected chi connectivity index (χ2v) is 5.52. The number of ether oxygens (including phenoxy) is 2. The van der Waals surface area contributed by atoms with E-state index in [-0.39, 0.29) is 17.0 Å². The maximum absolute atomic E-state index is 11.4. The molecule has 0 aromatic carbocycles. The minimum atomic E-state index is -0.325. The van der Waals surface area contributed by atoms with Crippen molar-refractivity contribution >= 4 is 5.78 Å². The lowest BCUT2D eigenvalue weighted by atomic mass is 9.69. The smallest absolute Gasteiger partial charge is 0.168 e. The van der Waals surface area contributed by atoms with Crippen LogP contribution in [0.15, 0.2) is 0 Å². The molecule has 1 heterocycles. The van der Waals surface area contributed by atoms with Crippen molar-refractivity contribution in [1.82, 2.24) is 5.32 Å². The molecule has 0 radical (unpaired) electrons. The van der Waals surface area contributed by atoms with Gasteiger partial charge in [-0.05, 0) is 32.2 Å². The summed E-state index contributed by atoms with van der Waals surface area (Å²) in [5.41, 5.74) is 0.112. The van der Waals surface area contributed by atoms with Crippen molar-refractivity contribution in [2.24, 2.45) is 5.41 Å². The van der Waals surface area contributed by atoms with E-state index in [0.29, 0.717) is 19.6 Å². The van der Waals surface area contributed by atoms with Crippen molar-refractivity contribution in [2.75, 3.05) is 26.8 Å². The standard InChI is InChI=1S/C13H23NO3/c1-11(15)9-12(10-14-2)3-5-13(6-4-12)16-7-8-17-13/h14H,3-10H2,1-2H3. The Morgan fingerprint density at radius 2 is 1.76 bits per heavy atom. The molecule has 4 nitrogen and oxygen atoms in total. The molecule has 1 N–H and O–H groups in total. The molecular formula is C13H23NO3. The van der Waals surface area contributed by atoms with E-state index in [1.807, 2.05) is 7.05 Å². The normalized spacial score (nSPS) is 26.2. The van der Waals surface area contributed by atoms with Crippen LogP contribution < -0.4 is 5.32 Å². The van der Waals surface area contributed by atoms with E-state index in [9.17, 15) is 4.79 Å². The van der Waals surface area contributed by atoms with E-state index < -0.39 is 0 Å². The third-order valence-electron chi connectivity index (χ3n) is 4.06. The molecule has 0 aromatic rings. The molecule has 0 atom stereocenters. The first-order valence-electron chi connectivity index (χ1n) is 6.52. The van der Waals surface area contributed by atoms with Crippen LogP contribution in [0.2, 0.25) is 0 Å². The monoisotopic (exact) mass is 241 g/mol. The number of nitrogens with one attached hydrogen (secondary N) is 1. The van der Waals surface area contributed by atoms with Gasteiger partial charge in [0.05, 0.1) is 13.2 Å². The highest BCUT2D eigenvalue weighted by molar-refractivity contribution is 5.76. The Hall–Kier alpha value is -0.450. The van der Waals surface area contributed by atoms with Gasteiger partial charge >= 0.3 is 0 Å². The molecule has 0 amide bonds. The van der Waals surface area contributed by atoms with Gasteiger partial charge in [0, 0.05) is 25.8 Å². The number of hydrogen-bond acceptors (Lipinski definition) is 4. The quantitative estimate of drug-likeness (QED) is 0.810. The van der Waals surface area contributed by atoms with Crippen LogP contribution in [0.3, 0.4) is 0 Å². The summed E-state index contributed by atoms with van der Waals surface area (Å²) in [7, 11) is 1.95. The third kappa shape index (κ3) is 2.87. The molecule has 2 fully saturated rings. The average molecular weight is 241 g/mol. The number of carbonyl (C=O) groups excluding carboxylic acids is 1. The number of ketones is 1. The van der Waals surface area contributed by atoms with Gasteiger partial charge < -0.3 is 19.6 Å². The summed E-state index contributed by atoms with van der Waals surface area (Å²) in [5.74, 6) is -0.0435. The minimum absolute atomic E-state index is 0.112. The maximum Gasteiger partial charge on any atom is 0.168 e. The summed E-state index contributed by atoms with van der Waals surface area (Å²) < 4.78 is 11.5. The highest BCUT2D eigenvalue weighted by Gasteiger charge is 2.46. The fourth-order valence-electron chi connectivity index (χ4n) is 3.27. The first-order valence-corrected chi connectivity index (χ1v) is 6.52. The van der Waals surface area contributed by atoms with Gasteiger partial charge in [-0.2, -0.15) is 0 Å². The van der Waals surface area contributed by atoms with Gasteiger partial charge in [-0.3, -0.25) is 0 Å². The predicted molar refractivity (Wildman–Crippen MR) is 64.8 cm³/mol. The van der Waals surface area contributed by atoms with Crippen molar-refractivity contribution in [3.63, 3.8) is 0 Å². The molecule has 1 saturated heterocycles. The molecule has 17 heavy (non-hydrogen) atoms. The third-order valence-corrected chi connectivity index (χ3v) is 4.06. The lowest BCUT2D eigenvalue weighted by molar-refractivity contribution is -0.192. The highest BCUT2D eigenvalue weighted by Crippen LogP contribution is 2.46. The molecule has 98 valence electrons. The zero-order valence-electron chi connectivity index (χ0n) is 10.9. The summed E-state index contributed by atoms with van der Waals surface area (Å²) in [5, 5.41) is 3.23. The van der Waals surface area contributed by atoms with E-state index in [4.69, 9.17) is 9.47 Å². The van der Waals surface area contributed by atoms with Crippen molar-refractivity contribution in [1.29, 1.82) is 0 Å². The zero-order valence-corrected chi connectivity index (χ0v) is 10.9. The molecule has 1 saturated carbocycles. The first-order chi connectivity index (χ1) is 8.10. The molecule has 2 aliphatic rings. The van der Waals surface area contributed by atoms with Gasteiger partial charge in [-0.1, -0.05) is 0 Å². The molecule has 1 spiro atoms.